The van der Waals surface area contributed by atoms with Gasteiger partial charge in [-0.3, -0.25) is 4.79 Å². The van der Waals surface area contributed by atoms with Gasteiger partial charge in [0.2, 0.25) is 0 Å². The van der Waals surface area contributed by atoms with Crippen LogP contribution in [0.15, 0.2) is 0 Å². The van der Waals surface area contributed by atoms with Gasteiger partial charge in [-0.05, 0) is 37.5 Å². The Labute approximate surface area is 72.3 Å². The highest BCUT2D eigenvalue weighted by Gasteiger charge is 2.55. The molecule has 2 nitrogen and oxygen atoms in total. The quantitative estimate of drug-likeness (QED) is 0.545. The molecule has 66 valence electrons. The van der Waals surface area contributed by atoms with Crippen LogP contribution in [0.2, 0.25) is 0 Å². The molecule has 3 rings (SSSR count). The molecule has 0 aromatic heterocycles. The second-order valence-corrected chi connectivity index (χ2v) is 4.65. The fourth-order valence-electron chi connectivity index (χ4n) is 3.45. The lowest BCUT2D eigenvalue weighted by Crippen LogP contribution is -2.34. The number of ether oxygens (including phenoxy) is 1. The van der Waals surface area contributed by atoms with Gasteiger partial charge in [0.25, 0.3) is 0 Å². The van der Waals surface area contributed by atoms with Crippen molar-refractivity contribution in [2.45, 2.75) is 37.7 Å². The summed E-state index contributed by atoms with van der Waals surface area (Å²) in [7, 11) is 0. The van der Waals surface area contributed by atoms with Gasteiger partial charge in [0.05, 0.1) is 5.60 Å². The first-order valence-corrected chi connectivity index (χ1v) is 4.94. The third kappa shape index (κ3) is 0.764. The van der Waals surface area contributed by atoms with E-state index >= 15 is 0 Å². The molecular weight excluding hydrogens is 152 g/mol. The summed E-state index contributed by atoms with van der Waals surface area (Å²) < 4.78 is 5.70. The Morgan fingerprint density at radius 2 is 2.33 bits per heavy atom. The molecule has 3 atom stereocenters. The van der Waals surface area contributed by atoms with Crippen LogP contribution in [0.1, 0.15) is 32.1 Å². The molecule has 2 aliphatic carbocycles. The molecule has 2 heteroatoms. The molecule has 3 fully saturated rings. The van der Waals surface area contributed by atoms with Crippen molar-refractivity contribution < 1.29 is 9.53 Å². The molecule has 3 aliphatic rings. The number of carbonyl (C=O) groups excluding carboxylic acids is 1. The number of carbonyl (C=O) groups is 1. The molecule has 1 spiro atoms. The largest absolute Gasteiger partial charge is 0.366 e. The normalized spacial score (nSPS) is 51.2. The number of fused-ring (bicyclic) bond motifs is 3. The average Bonchev–Trinajstić information content (AvgIpc) is 2.67. The molecule has 0 aromatic carbocycles. The highest BCUT2D eigenvalue weighted by atomic mass is 16.5. The minimum atomic E-state index is 0.0278. The number of hydrogen-bond acceptors (Lipinski definition) is 2. The summed E-state index contributed by atoms with van der Waals surface area (Å²) in [6, 6.07) is 0. The summed E-state index contributed by atoms with van der Waals surface area (Å²) in [6.07, 6.45) is 5.90. The van der Waals surface area contributed by atoms with E-state index in [1.807, 2.05) is 0 Å². The summed E-state index contributed by atoms with van der Waals surface area (Å²) in [5.41, 5.74) is 0.0278. The zero-order valence-corrected chi connectivity index (χ0v) is 7.21. The van der Waals surface area contributed by atoms with Crippen molar-refractivity contribution in [2.75, 3.05) is 6.61 Å². The van der Waals surface area contributed by atoms with Crippen LogP contribution in [0, 0.1) is 11.8 Å². The molecule has 1 saturated heterocycles. The summed E-state index contributed by atoms with van der Waals surface area (Å²) in [6.45, 7) is 0.392. The van der Waals surface area contributed by atoms with Crippen molar-refractivity contribution in [2.24, 2.45) is 11.8 Å². The predicted octanol–water partition coefficient (Wildman–Crippen LogP) is 1.53. The van der Waals surface area contributed by atoms with Crippen LogP contribution in [-0.4, -0.2) is 18.0 Å². The number of ketones is 1. The monoisotopic (exact) mass is 166 g/mol. The fourth-order valence-corrected chi connectivity index (χ4v) is 3.45. The summed E-state index contributed by atoms with van der Waals surface area (Å²) >= 11 is 0. The van der Waals surface area contributed by atoms with E-state index in [2.05, 4.69) is 0 Å². The van der Waals surface area contributed by atoms with Crippen LogP contribution in [-0.2, 0) is 9.53 Å². The molecular formula is C10H14O2. The van der Waals surface area contributed by atoms with E-state index in [0.717, 1.165) is 5.92 Å². The minimum Gasteiger partial charge on any atom is -0.366 e. The second-order valence-electron chi connectivity index (χ2n) is 4.65. The second kappa shape index (κ2) is 2.11. The van der Waals surface area contributed by atoms with Crippen molar-refractivity contribution in [3.05, 3.63) is 0 Å². The van der Waals surface area contributed by atoms with Crippen LogP contribution < -0.4 is 0 Å². The van der Waals surface area contributed by atoms with Gasteiger partial charge in [0.1, 0.15) is 6.61 Å². The minimum absolute atomic E-state index is 0.0278. The topological polar surface area (TPSA) is 26.3 Å². The molecule has 1 heterocycles. The van der Waals surface area contributed by atoms with E-state index in [1.165, 1.54) is 25.7 Å². The van der Waals surface area contributed by atoms with Gasteiger partial charge in [0.15, 0.2) is 5.78 Å². The van der Waals surface area contributed by atoms with E-state index in [9.17, 15) is 4.79 Å². The molecule has 0 N–H and O–H groups in total. The lowest BCUT2D eigenvalue weighted by molar-refractivity contribution is -0.117. The zero-order valence-electron chi connectivity index (χ0n) is 7.21. The van der Waals surface area contributed by atoms with Gasteiger partial charge >= 0.3 is 0 Å². The molecule has 1 aliphatic heterocycles. The molecule has 3 unspecified atom stereocenters. The smallest absolute Gasteiger partial charge is 0.161 e. The Hall–Kier alpha value is -0.370. The van der Waals surface area contributed by atoms with E-state index < -0.39 is 0 Å². The van der Waals surface area contributed by atoms with Crippen LogP contribution in [0.4, 0.5) is 0 Å². The van der Waals surface area contributed by atoms with Crippen molar-refractivity contribution in [3.8, 4) is 0 Å². The fraction of sp³-hybridized carbons (Fsp3) is 0.900. The number of hydrogen-bond donors (Lipinski definition) is 0. The summed E-state index contributed by atoms with van der Waals surface area (Å²) in [5, 5.41) is 0. The maximum absolute atomic E-state index is 11.2. The highest BCUT2D eigenvalue weighted by molar-refractivity contribution is 5.82. The van der Waals surface area contributed by atoms with Crippen LogP contribution in [0.5, 0.6) is 0 Å². The Balaban J connectivity index is 1.88. The van der Waals surface area contributed by atoms with Gasteiger partial charge in [-0.2, -0.15) is 0 Å². The van der Waals surface area contributed by atoms with E-state index in [1.54, 1.807) is 0 Å². The van der Waals surface area contributed by atoms with Crippen molar-refractivity contribution in [1.82, 2.24) is 0 Å². The van der Waals surface area contributed by atoms with Crippen LogP contribution in [0.25, 0.3) is 0 Å². The van der Waals surface area contributed by atoms with Gasteiger partial charge in [-0.15, -0.1) is 0 Å². The summed E-state index contributed by atoms with van der Waals surface area (Å²) in [4.78, 5) is 11.2. The third-order valence-corrected chi connectivity index (χ3v) is 3.94. The first-order valence-electron chi connectivity index (χ1n) is 4.94. The first kappa shape index (κ1) is 7.07. The van der Waals surface area contributed by atoms with E-state index in [-0.39, 0.29) is 5.60 Å². The van der Waals surface area contributed by atoms with Crippen LogP contribution in [0.3, 0.4) is 0 Å². The zero-order chi connectivity index (χ0) is 8.18. The van der Waals surface area contributed by atoms with Gasteiger partial charge in [-0.25, -0.2) is 0 Å². The Morgan fingerprint density at radius 3 is 2.83 bits per heavy atom. The lowest BCUT2D eigenvalue weighted by atomic mass is 9.82. The average molecular weight is 166 g/mol. The predicted molar refractivity (Wildman–Crippen MR) is 43.8 cm³/mol. The Kier molecular flexibility index (Phi) is 1.24. The van der Waals surface area contributed by atoms with Crippen molar-refractivity contribution >= 4 is 5.78 Å². The maximum atomic E-state index is 11.2. The summed E-state index contributed by atoms with van der Waals surface area (Å²) in [5.74, 6) is 1.91. The Morgan fingerprint density at radius 1 is 1.42 bits per heavy atom. The molecule has 2 saturated carbocycles. The molecule has 12 heavy (non-hydrogen) atoms. The van der Waals surface area contributed by atoms with Gasteiger partial charge in [0, 0.05) is 6.42 Å². The number of rotatable bonds is 0. The van der Waals surface area contributed by atoms with Crippen molar-refractivity contribution in [1.29, 1.82) is 0 Å². The molecule has 0 aromatic rings. The molecule has 0 radical (unpaired) electrons. The van der Waals surface area contributed by atoms with Gasteiger partial charge < -0.3 is 4.74 Å². The van der Waals surface area contributed by atoms with E-state index in [4.69, 9.17) is 4.74 Å². The van der Waals surface area contributed by atoms with E-state index in [0.29, 0.717) is 24.7 Å². The maximum Gasteiger partial charge on any atom is 0.161 e. The number of Topliss-reactive ketones (excluding diaryl/α,β-unsaturated/α-hetero) is 1. The third-order valence-electron chi connectivity index (χ3n) is 3.94. The molecule has 2 bridgehead atoms. The lowest BCUT2D eigenvalue weighted by Gasteiger charge is -2.31. The standard InChI is InChI=1S/C10H14O2/c11-9-5-10(12-6-9)4-7-1-2-8(10)3-7/h7-8H,1-6H2. The first-order chi connectivity index (χ1) is 5.78. The SMILES string of the molecule is O=C1COC2(C1)CC1CCC2C1. The van der Waals surface area contributed by atoms with Crippen molar-refractivity contribution in [3.63, 3.8) is 0 Å². The van der Waals surface area contributed by atoms with Crippen LogP contribution >= 0.6 is 0 Å². The highest BCUT2D eigenvalue weighted by Crippen LogP contribution is 2.55. The molecule has 0 amide bonds. The van der Waals surface area contributed by atoms with Gasteiger partial charge in [-0.1, -0.05) is 0 Å². The Bertz CT molecular complexity index is 236.